The molecule has 1 heterocycles. The summed E-state index contributed by atoms with van der Waals surface area (Å²) in [7, 11) is -2.18. The first kappa shape index (κ1) is 16.9. The van der Waals surface area contributed by atoms with Crippen molar-refractivity contribution in [2.75, 3.05) is 23.3 Å². The number of nitrogens with one attached hydrogen (secondary N) is 1. The minimum Gasteiger partial charge on any atom is -0.497 e. The van der Waals surface area contributed by atoms with Crippen LogP contribution in [0.15, 0.2) is 47.4 Å². The van der Waals surface area contributed by atoms with Gasteiger partial charge in [-0.1, -0.05) is 6.07 Å². The molecule has 2 aromatic rings. The van der Waals surface area contributed by atoms with Crippen LogP contribution < -0.4 is 14.4 Å². The zero-order valence-corrected chi connectivity index (χ0v) is 15.3. The molecule has 26 heavy (non-hydrogen) atoms. The van der Waals surface area contributed by atoms with Gasteiger partial charge in [0.15, 0.2) is 0 Å². The first-order chi connectivity index (χ1) is 12.5. The molecule has 0 spiro atoms. The predicted octanol–water partition coefficient (Wildman–Crippen LogP) is 2.80. The molecule has 1 amide bonds. The van der Waals surface area contributed by atoms with Crippen molar-refractivity contribution in [2.24, 2.45) is 5.92 Å². The largest absolute Gasteiger partial charge is 0.497 e. The Morgan fingerprint density at radius 2 is 1.88 bits per heavy atom. The fourth-order valence-electron chi connectivity index (χ4n) is 3.19. The molecule has 0 atom stereocenters. The standard InChI is InChI=1S/C19H20N2O4S/c1-25-16-6-8-17(9-7-16)26(23,24)20-15-5-4-13-10-11-21(18(13)12-15)19(22)14-2-3-14/h4-9,12,14,20H,2-3,10-11H2,1H3. The van der Waals surface area contributed by atoms with Crippen molar-refractivity contribution in [2.45, 2.75) is 24.2 Å². The molecule has 136 valence electrons. The van der Waals surface area contributed by atoms with Gasteiger partial charge < -0.3 is 9.64 Å². The lowest BCUT2D eigenvalue weighted by molar-refractivity contribution is -0.119. The third-order valence-electron chi connectivity index (χ3n) is 4.80. The Morgan fingerprint density at radius 3 is 2.54 bits per heavy atom. The van der Waals surface area contributed by atoms with Crippen LogP contribution in [0.4, 0.5) is 11.4 Å². The first-order valence-electron chi connectivity index (χ1n) is 8.59. The highest BCUT2D eigenvalue weighted by atomic mass is 32.2. The lowest BCUT2D eigenvalue weighted by Crippen LogP contribution is -2.30. The van der Waals surface area contributed by atoms with Crippen molar-refractivity contribution >= 4 is 27.3 Å². The Hall–Kier alpha value is -2.54. The Bertz CT molecular complexity index is 950. The van der Waals surface area contributed by atoms with Gasteiger partial charge in [0.2, 0.25) is 5.91 Å². The molecule has 0 radical (unpaired) electrons. The van der Waals surface area contributed by atoms with E-state index in [1.165, 1.54) is 19.2 Å². The van der Waals surface area contributed by atoms with Gasteiger partial charge >= 0.3 is 0 Å². The fourth-order valence-corrected chi connectivity index (χ4v) is 4.24. The van der Waals surface area contributed by atoms with E-state index in [2.05, 4.69) is 4.72 Å². The van der Waals surface area contributed by atoms with Crippen LogP contribution in [-0.2, 0) is 21.2 Å². The zero-order chi connectivity index (χ0) is 18.3. The highest BCUT2D eigenvalue weighted by Gasteiger charge is 2.36. The van der Waals surface area contributed by atoms with E-state index in [-0.39, 0.29) is 16.7 Å². The minimum absolute atomic E-state index is 0.139. The van der Waals surface area contributed by atoms with Gasteiger partial charge in [0.1, 0.15) is 5.75 Å². The molecule has 2 aromatic carbocycles. The molecule has 0 aromatic heterocycles. The van der Waals surface area contributed by atoms with Crippen LogP contribution in [0.2, 0.25) is 0 Å². The number of hydrogen-bond acceptors (Lipinski definition) is 4. The van der Waals surface area contributed by atoms with Crippen LogP contribution in [0.5, 0.6) is 5.75 Å². The summed E-state index contributed by atoms with van der Waals surface area (Å²) in [4.78, 5) is 14.4. The Morgan fingerprint density at radius 1 is 1.15 bits per heavy atom. The molecule has 0 bridgehead atoms. The molecule has 6 nitrogen and oxygen atoms in total. The molecule has 0 saturated heterocycles. The zero-order valence-electron chi connectivity index (χ0n) is 14.4. The lowest BCUT2D eigenvalue weighted by Gasteiger charge is -2.18. The molecule has 1 aliphatic carbocycles. The van der Waals surface area contributed by atoms with E-state index < -0.39 is 10.0 Å². The number of carbonyl (C=O) groups excluding carboxylic acids is 1. The number of ether oxygens (including phenoxy) is 1. The second-order valence-corrected chi connectivity index (χ2v) is 8.32. The normalized spacial score (nSPS) is 16.3. The highest BCUT2D eigenvalue weighted by Crippen LogP contribution is 2.37. The molecule has 4 rings (SSSR count). The van der Waals surface area contributed by atoms with Gasteiger partial charge in [-0.2, -0.15) is 0 Å². The fraction of sp³-hybridized carbons (Fsp3) is 0.316. The van der Waals surface area contributed by atoms with Crippen LogP contribution in [0, 0.1) is 5.92 Å². The van der Waals surface area contributed by atoms with Crippen molar-refractivity contribution < 1.29 is 17.9 Å². The van der Waals surface area contributed by atoms with E-state index >= 15 is 0 Å². The summed E-state index contributed by atoms with van der Waals surface area (Å²) in [6.07, 6.45) is 2.71. The number of fused-ring (bicyclic) bond motifs is 1. The lowest BCUT2D eigenvalue weighted by atomic mass is 10.1. The molecule has 1 N–H and O–H groups in total. The van der Waals surface area contributed by atoms with E-state index in [0.717, 1.165) is 30.5 Å². The SMILES string of the molecule is COc1ccc(S(=O)(=O)Nc2ccc3c(c2)N(C(=O)C2CC2)CC3)cc1. The quantitative estimate of drug-likeness (QED) is 0.876. The number of methoxy groups -OCH3 is 1. The molecule has 2 aliphatic rings. The van der Waals surface area contributed by atoms with E-state index in [1.54, 1.807) is 29.2 Å². The average Bonchev–Trinajstić information content (AvgIpc) is 3.41. The van der Waals surface area contributed by atoms with E-state index in [4.69, 9.17) is 4.74 Å². The van der Waals surface area contributed by atoms with E-state index in [9.17, 15) is 13.2 Å². The van der Waals surface area contributed by atoms with Crippen LogP contribution >= 0.6 is 0 Å². The smallest absolute Gasteiger partial charge is 0.261 e. The van der Waals surface area contributed by atoms with Gasteiger partial charge in [0.25, 0.3) is 10.0 Å². The summed E-state index contributed by atoms with van der Waals surface area (Å²) in [5.74, 6) is 0.884. The number of carbonyl (C=O) groups is 1. The number of benzene rings is 2. The number of amides is 1. The first-order valence-corrected chi connectivity index (χ1v) is 10.1. The second kappa shape index (κ2) is 6.32. The third kappa shape index (κ3) is 3.14. The molecule has 1 aliphatic heterocycles. The number of anilines is 2. The van der Waals surface area contributed by atoms with E-state index in [1.807, 2.05) is 6.07 Å². The van der Waals surface area contributed by atoms with Gasteiger partial charge in [0.05, 0.1) is 17.7 Å². The van der Waals surface area contributed by atoms with Crippen molar-refractivity contribution in [1.82, 2.24) is 0 Å². The Balaban J connectivity index is 1.58. The van der Waals surface area contributed by atoms with Crippen LogP contribution in [0.3, 0.4) is 0 Å². The summed E-state index contributed by atoms with van der Waals surface area (Å²) < 4.78 is 32.9. The highest BCUT2D eigenvalue weighted by molar-refractivity contribution is 7.92. The van der Waals surface area contributed by atoms with Gasteiger partial charge in [-0.15, -0.1) is 0 Å². The summed E-state index contributed by atoms with van der Waals surface area (Å²) in [5, 5.41) is 0. The van der Waals surface area contributed by atoms with Crippen LogP contribution in [0.1, 0.15) is 18.4 Å². The summed E-state index contributed by atoms with van der Waals surface area (Å²) in [6, 6.07) is 11.6. The van der Waals surface area contributed by atoms with Crippen LogP contribution in [-0.4, -0.2) is 28.0 Å². The number of nitrogens with zero attached hydrogens (tertiary/aromatic N) is 1. The van der Waals surface area contributed by atoms with Gasteiger partial charge in [-0.05, 0) is 61.2 Å². The van der Waals surface area contributed by atoms with Gasteiger partial charge in [-0.25, -0.2) is 8.42 Å². The third-order valence-corrected chi connectivity index (χ3v) is 6.19. The maximum absolute atomic E-state index is 12.6. The molecule has 0 unspecified atom stereocenters. The maximum atomic E-state index is 12.6. The topological polar surface area (TPSA) is 75.7 Å². The number of rotatable bonds is 5. The van der Waals surface area contributed by atoms with Crippen molar-refractivity contribution in [3.05, 3.63) is 48.0 Å². The Labute approximate surface area is 152 Å². The number of sulfonamides is 1. The van der Waals surface area contributed by atoms with Crippen molar-refractivity contribution in [1.29, 1.82) is 0 Å². The summed E-state index contributed by atoms with van der Waals surface area (Å²) in [5.41, 5.74) is 2.35. The summed E-state index contributed by atoms with van der Waals surface area (Å²) in [6.45, 7) is 0.666. The Kier molecular flexibility index (Phi) is 4.11. The molecule has 1 fully saturated rings. The average molecular weight is 372 g/mol. The monoisotopic (exact) mass is 372 g/mol. The second-order valence-electron chi connectivity index (χ2n) is 6.64. The molecule has 1 saturated carbocycles. The van der Waals surface area contributed by atoms with Gasteiger partial charge in [0, 0.05) is 18.2 Å². The van der Waals surface area contributed by atoms with Gasteiger partial charge in [-0.3, -0.25) is 9.52 Å². The molecular formula is C19H20N2O4S. The maximum Gasteiger partial charge on any atom is 0.261 e. The molecule has 7 heteroatoms. The molecular weight excluding hydrogens is 352 g/mol. The van der Waals surface area contributed by atoms with E-state index in [0.29, 0.717) is 18.0 Å². The van der Waals surface area contributed by atoms with Crippen molar-refractivity contribution in [3.63, 3.8) is 0 Å². The minimum atomic E-state index is -3.71. The predicted molar refractivity (Wildman–Crippen MR) is 99.0 cm³/mol. The summed E-state index contributed by atoms with van der Waals surface area (Å²) >= 11 is 0. The van der Waals surface area contributed by atoms with Crippen molar-refractivity contribution in [3.8, 4) is 5.75 Å². The van der Waals surface area contributed by atoms with Crippen LogP contribution in [0.25, 0.3) is 0 Å². The number of hydrogen-bond donors (Lipinski definition) is 1.